The number of Topliss-reactive ketones (excluding diaryl/α,β-unsaturated/α-hetero) is 2. The molecule has 6 aliphatic rings. The highest BCUT2D eigenvalue weighted by Crippen LogP contribution is 2.53. The Labute approximate surface area is 647 Å². The molecule has 3 aromatic carbocycles. The highest BCUT2D eigenvalue weighted by molar-refractivity contribution is 6.31. The number of ether oxygens (including phenoxy) is 12. The number of amides is 9. The summed E-state index contributed by atoms with van der Waals surface area (Å²) in [6, 6.07) is 8.66. The number of phenolic OH excluding ortho intramolecular Hbond substituents is 2. The van der Waals surface area contributed by atoms with Crippen LogP contribution in [0.5, 0.6) is 17.2 Å². The predicted octanol–water partition coefficient (Wildman–Crippen LogP) is 2.52. The van der Waals surface area contributed by atoms with E-state index in [1.165, 1.54) is 51.4 Å². The van der Waals surface area contributed by atoms with E-state index >= 15 is 0 Å². The number of likely N-dealkylation sites (tertiary alicyclic amines) is 1. The standard InChI is InChI=1S/C76H103N9O27/c1-42(2)63(81-56(89)19-26-103-29-31-105-33-34-106-32-30-104-27-21-78-55(88)18-22-85-57(90)35-43(3)70(85)96)51(86)36-46(11-10-20-79-73(77)97)69(95)80-47-16-14-45(15-17-47)40-108-74(98)82(5)23-24-83(6)75(99)109-41-54(87)76(100)38-49-60(67(94)62-61(65(49)92)64(91)48-12-9-13-52(101-7)59(48)66(62)93)53(39-76)111-58-37-50-68(44(4)110-58)112-71-72(102-8)107-28-25-84(50)71/h9,12-17,42-44,46,50,53,58,63,68,71-72,92,94,100H,10-11,18-41H2,1-8H3,(H,78,88)(H,80,95)(H,81,89)(H3,77,79,97)/t43?,44-,46+,50-,53-,58?,63-,68+,71+,72-,76-/m0/s1. The Bertz CT molecular complexity index is 3900. The van der Waals surface area contributed by atoms with Crippen LogP contribution in [-0.4, -0.2) is 288 Å². The maximum absolute atomic E-state index is 14.4. The van der Waals surface area contributed by atoms with Crippen molar-refractivity contribution in [3.63, 3.8) is 0 Å². The second-order valence-corrected chi connectivity index (χ2v) is 28.6. The first kappa shape index (κ1) is 86.6. The molecule has 11 atom stereocenters. The molecule has 2 unspecified atom stereocenters. The molecule has 0 spiro atoms. The zero-order chi connectivity index (χ0) is 81.1. The second-order valence-electron chi connectivity index (χ2n) is 28.6. The molecule has 2 aliphatic carbocycles. The van der Waals surface area contributed by atoms with Crippen LogP contribution in [0.3, 0.4) is 0 Å². The van der Waals surface area contributed by atoms with Crippen LogP contribution in [0.25, 0.3) is 0 Å². The summed E-state index contributed by atoms with van der Waals surface area (Å²) < 4.78 is 69.1. The van der Waals surface area contributed by atoms with Crippen LogP contribution in [0, 0.1) is 17.8 Å². The third-order valence-corrected chi connectivity index (χ3v) is 20.4. The van der Waals surface area contributed by atoms with Gasteiger partial charge in [-0.1, -0.05) is 45.0 Å². The Morgan fingerprint density at radius 2 is 1.43 bits per heavy atom. The maximum Gasteiger partial charge on any atom is 0.409 e. The summed E-state index contributed by atoms with van der Waals surface area (Å²) in [5, 5.41) is 47.6. The number of methoxy groups -OCH3 is 2. The van der Waals surface area contributed by atoms with Crippen LogP contribution in [-0.2, 0) is 98.7 Å². The van der Waals surface area contributed by atoms with Gasteiger partial charge in [0.2, 0.25) is 41.1 Å². The SMILES string of the molecule is COc1cccc2c1C(=O)c1c(O)c3c(c(O)c1C2=O)C[C@@](O)(C(=O)COC(=O)N(C)CCN(C)C(=O)OCc1ccc(NC(=O)[C@H](CCCNC(N)=O)CC(=O)[C@@H](NC(=O)CCOCCOCCOCCOCCNC(=O)CCN2C(=O)CC(C)C2=O)C(C)C)cc1)C[C@@H]3OC1C[C@H]2[C@H](O[C@@H]3[C@@H](OC)OCCN32)[C@H](C)O1. The van der Waals surface area contributed by atoms with E-state index in [1.807, 2.05) is 0 Å². The fourth-order valence-corrected chi connectivity index (χ4v) is 14.3. The summed E-state index contributed by atoms with van der Waals surface area (Å²) in [7, 11) is 5.58. The number of rotatable bonds is 41. The summed E-state index contributed by atoms with van der Waals surface area (Å²) in [5.41, 5.74) is 1.83. The van der Waals surface area contributed by atoms with Gasteiger partial charge < -0.3 is 109 Å². The number of primary amides is 1. The van der Waals surface area contributed by atoms with Gasteiger partial charge in [0.1, 0.15) is 35.6 Å². The first-order valence-corrected chi connectivity index (χ1v) is 37.5. The molecule has 9 rings (SSSR count). The number of benzene rings is 3. The lowest BCUT2D eigenvalue weighted by molar-refractivity contribution is -0.256. The molecule has 4 saturated heterocycles. The van der Waals surface area contributed by atoms with Gasteiger partial charge >= 0.3 is 18.2 Å². The van der Waals surface area contributed by atoms with Crippen molar-refractivity contribution in [2.45, 2.75) is 147 Å². The number of nitrogens with two attached hydrogens (primary N) is 1. The van der Waals surface area contributed by atoms with Gasteiger partial charge in [-0.3, -0.25) is 53.0 Å². The van der Waals surface area contributed by atoms with Gasteiger partial charge in [0.05, 0.1) is 102 Å². The Morgan fingerprint density at radius 3 is 2.07 bits per heavy atom. The number of hydrogen-bond donors (Lipinski definition) is 8. The van der Waals surface area contributed by atoms with E-state index in [2.05, 4.69) is 26.2 Å². The summed E-state index contributed by atoms with van der Waals surface area (Å²) in [4.78, 5) is 163. The highest BCUT2D eigenvalue weighted by atomic mass is 16.7. The number of nitrogens with zero attached hydrogens (tertiary/aromatic N) is 4. The first-order chi connectivity index (χ1) is 53.5. The van der Waals surface area contributed by atoms with E-state index in [9.17, 15) is 72.9 Å². The average molecular weight is 1570 g/mol. The number of aliphatic hydroxyl groups is 1. The molecule has 36 nitrogen and oxygen atoms in total. The number of ketones is 4. The zero-order valence-electron chi connectivity index (χ0n) is 64.3. The number of hydrogen-bond acceptors (Lipinski definition) is 28. The first-order valence-electron chi connectivity index (χ1n) is 37.5. The van der Waals surface area contributed by atoms with Crippen molar-refractivity contribution in [2.24, 2.45) is 23.5 Å². The molecule has 36 heteroatoms. The van der Waals surface area contributed by atoms with Crippen LogP contribution in [0.4, 0.5) is 20.1 Å². The van der Waals surface area contributed by atoms with Crippen LogP contribution >= 0.6 is 0 Å². The molecule has 9 amide bonds. The minimum Gasteiger partial charge on any atom is -0.507 e. The fraction of sp³-hybridized carbons (Fsp3) is 0.605. The van der Waals surface area contributed by atoms with Gasteiger partial charge in [0, 0.05) is 146 Å². The van der Waals surface area contributed by atoms with Crippen molar-refractivity contribution in [1.29, 1.82) is 0 Å². The monoisotopic (exact) mass is 1570 g/mol. The molecule has 0 bridgehead atoms. The molecule has 0 aromatic heterocycles. The predicted molar refractivity (Wildman–Crippen MR) is 391 cm³/mol. The maximum atomic E-state index is 14.4. The Balaban J connectivity index is 0.693. The number of phenols is 2. The topological polar surface area (TPSA) is 463 Å². The normalized spacial score (nSPS) is 22.3. The van der Waals surface area contributed by atoms with Gasteiger partial charge in [-0.2, -0.15) is 0 Å². The summed E-state index contributed by atoms with van der Waals surface area (Å²) in [5.74, 6) is -7.96. The fourth-order valence-electron chi connectivity index (χ4n) is 14.3. The number of anilines is 1. The molecule has 9 N–H and O–H groups in total. The van der Waals surface area contributed by atoms with E-state index in [-0.39, 0.29) is 194 Å². The average Bonchev–Trinajstić information content (AvgIpc) is 0.753. The van der Waals surface area contributed by atoms with Crippen LogP contribution in [0.15, 0.2) is 42.5 Å². The Morgan fingerprint density at radius 1 is 0.768 bits per heavy atom. The highest BCUT2D eigenvalue weighted by Gasteiger charge is 2.56. The van der Waals surface area contributed by atoms with Crippen molar-refractivity contribution < 1.29 is 130 Å². The molecule has 112 heavy (non-hydrogen) atoms. The zero-order valence-corrected chi connectivity index (χ0v) is 64.3. The minimum absolute atomic E-state index is 0.0172. The molecule has 3 aromatic rings. The second kappa shape index (κ2) is 40.4. The number of aromatic hydroxyl groups is 2. The molecule has 0 radical (unpaired) electrons. The number of imide groups is 1. The molecular weight excluding hydrogens is 1470 g/mol. The lowest BCUT2D eigenvalue weighted by atomic mass is 9.72. The minimum atomic E-state index is -2.49. The van der Waals surface area contributed by atoms with Crippen LogP contribution in [0.2, 0.25) is 0 Å². The van der Waals surface area contributed by atoms with Crippen LogP contribution in [0.1, 0.15) is 134 Å². The number of carbonyl (C=O) groups is 12. The van der Waals surface area contributed by atoms with Crippen LogP contribution < -0.4 is 31.7 Å². The molecule has 614 valence electrons. The van der Waals surface area contributed by atoms with Gasteiger partial charge in [-0.05, 0) is 49.4 Å². The molecule has 4 aliphatic heterocycles. The van der Waals surface area contributed by atoms with Gasteiger partial charge in [-0.25, -0.2) is 14.4 Å². The van der Waals surface area contributed by atoms with Gasteiger partial charge in [0.25, 0.3) is 0 Å². The van der Waals surface area contributed by atoms with Crippen molar-refractivity contribution in [1.82, 2.24) is 35.6 Å². The lowest BCUT2D eigenvalue weighted by Gasteiger charge is -2.43. The van der Waals surface area contributed by atoms with Crippen molar-refractivity contribution in [2.75, 3.05) is 139 Å². The number of nitrogens with one attached hydrogen (secondary N) is 4. The number of urea groups is 1. The number of likely N-dealkylation sites (N-methyl/N-ethyl adjacent to an activating group) is 2. The molecule has 0 saturated carbocycles. The molecular formula is C76H103N9O27. The van der Waals surface area contributed by atoms with E-state index in [1.54, 1.807) is 52.0 Å². The quantitative estimate of drug-likeness (QED) is 0.0180. The summed E-state index contributed by atoms with van der Waals surface area (Å²) >= 11 is 0. The largest absolute Gasteiger partial charge is 0.507 e. The molecule has 4 heterocycles. The summed E-state index contributed by atoms with van der Waals surface area (Å²) in [6.45, 7) is 8.65. The van der Waals surface area contributed by atoms with E-state index in [4.69, 9.17) is 62.6 Å². The number of fused-ring (bicyclic) bond motifs is 6. The Kier molecular flexibility index (Phi) is 31.3. The van der Waals surface area contributed by atoms with E-state index < -0.39 is 150 Å². The molecule has 4 fully saturated rings. The summed E-state index contributed by atoms with van der Waals surface area (Å²) in [6.07, 6.45) is -7.54. The smallest absolute Gasteiger partial charge is 0.409 e. The van der Waals surface area contributed by atoms with E-state index in [0.29, 0.717) is 31.0 Å². The van der Waals surface area contributed by atoms with Crippen molar-refractivity contribution in [3.8, 4) is 17.2 Å². The van der Waals surface area contributed by atoms with Crippen molar-refractivity contribution in [3.05, 3.63) is 81.4 Å². The van der Waals surface area contributed by atoms with Gasteiger partial charge in [0.15, 0.2) is 37.0 Å². The number of carbonyl (C=O) groups excluding carboxylic acids is 12. The Hall–Kier alpha value is -9.34. The third-order valence-electron chi connectivity index (χ3n) is 20.4. The number of morpholine rings is 1. The lowest BCUT2D eigenvalue weighted by Crippen LogP contribution is -2.55. The third kappa shape index (κ3) is 21.9. The van der Waals surface area contributed by atoms with Gasteiger partial charge in [-0.15, -0.1) is 0 Å². The van der Waals surface area contributed by atoms with E-state index in [0.717, 1.165) is 9.80 Å². The van der Waals surface area contributed by atoms with Crippen molar-refractivity contribution >= 4 is 76.6 Å².